The van der Waals surface area contributed by atoms with Crippen molar-refractivity contribution in [3.63, 3.8) is 0 Å². The highest BCUT2D eigenvalue weighted by Crippen LogP contribution is 2.14. The van der Waals surface area contributed by atoms with Gasteiger partial charge >= 0.3 is 0 Å². The first-order valence-corrected chi connectivity index (χ1v) is 6.92. The Hall–Kier alpha value is -1.13. The second-order valence-electron chi connectivity index (χ2n) is 4.87. The van der Waals surface area contributed by atoms with Crippen LogP contribution in [-0.2, 0) is 6.54 Å². The Balaban J connectivity index is 1.77. The van der Waals surface area contributed by atoms with Crippen molar-refractivity contribution in [1.29, 1.82) is 0 Å². The van der Waals surface area contributed by atoms with E-state index in [0.29, 0.717) is 5.02 Å². The lowest BCUT2D eigenvalue weighted by atomic mass is 10.2. The number of halogens is 1. The molecule has 2 aromatic rings. The molecule has 0 unspecified atom stereocenters. The summed E-state index contributed by atoms with van der Waals surface area (Å²) in [4.78, 5) is 6.97. The van der Waals surface area contributed by atoms with Crippen molar-refractivity contribution < 1.29 is 0 Å². The molecule has 18 heavy (non-hydrogen) atoms. The van der Waals surface area contributed by atoms with Crippen molar-refractivity contribution in [2.45, 2.75) is 32.2 Å². The van der Waals surface area contributed by atoms with Gasteiger partial charge in [0, 0.05) is 17.3 Å². The van der Waals surface area contributed by atoms with Crippen LogP contribution in [0.3, 0.4) is 0 Å². The summed E-state index contributed by atoms with van der Waals surface area (Å²) in [6.45, 7) is 3.17. The minimum Gasteiger partial charge on any atom is -0.296 e. The van der Waals surface area contributed by atoms with Gasteiger partial charge in [-0.05, 0) is 32.0 Å². The molecule has 0 bridgehead atoms. The smallest absolute Gasteiger partial charge is 0.165 e. The lowest BCUT2D eigenvalue weighted by Crippen LogP contribution is -2.24. The summed E-state index contributed by atoms with van der Waals surface area (Å²) in [5, 5.41) is 5.19. The number of aromatic nitrogens is 3. The summed E-state index contributed by atoms with van der Waals surface area (Å²) in [5.74, 6) is 0.888. The number of rotatable bonds is 2. The van der Waals surface area contributed by atoms with Gasteiger partial charge in [-0.25, -0.2) is 9.50 Å². The number of nitrogens with zero attached hydrogens (tertiary/aromatic N) is 4. The van der Waals surface area contributed by atoms with Crippen LogP contribution in [0, 0.1) is 0 Å². The lowest BCUT2D eigenvalue weighted by molar-refractivity contribution is 0.270. The van der Waals surface area contributed by atoms with Crippen LogP contribution in [-0.4, -0.2) is 32.6 Å². The summed E-state index contributed by atoms with van der Waals surface area (Å²) in [5.41, 5.74) is 0.826. The minimum absolute atomic E-state index is 0.705. The molecule has 1 fully saturated rings. The molecule has 0 spiro atoms. The van der Waals surface area contributed by atoms with Crippen molar-refractivity contribution >= 4 is 17.2 Å². The quantitative estimate of drug-likeness (QED) is 0.836. The topological polar surface area (TPSA) is 33.4 Å². The second kappa shape index (κ2) is 5.24. The van der Waals surface area contributed by atoms with E-state index >= 15 is 0 Å². The standard InChI is InChI=1S/C13H17ClN4/c14-11-5-8-18-13(9-11)15-12(16-18)10-17-6-3-1-2-4-7-17/h5,8-9H,1-4,6-7,10H2. The summed E-state index contributed by atoms with van der Waals surface area (Å²) >= 11 is 5.95. The van der Waals surface area contributed by atoms with E-state index in [0.717, 1.165) is 31.1 Å². The van der Waals surface area contributed by atoms with Crippen molar-refractivity contribution in [3.8, 4) is 0 Å². The molecule has 0 atom stereocenters. The third-order valence-corrected chi connectivity index (χ3v) is 3.64. The molecule has 2 aromatic heterocycles. The van der Waals surface area contributed by atoms with Crippen molar-refractivity contribution in [3.05, 3.63) is 29.2 Å². The van der Waals surface area contributed by atoms with E-state index in [2.05, 4.69) is 15.0 Å². The van der Waals surface area contributed by atoms with Crippen LogP contribution in [0.5, 0.6) is 0 Å². The van der Waals surface area contributed by atoms with Crippen LogP contribution in [0.2, 0.25) is 5.02 Å². The summed E-state index contributed by atoms with van der Waals surface area (Å²) in [7, 11) is 0. The van der Waals surface area contributed by atoms with E-state index in [1.807, 2.05) is 18.3 Å². The molecule has 0 amide bonds. The first-order chi connectivity index (χ1) is 8.81. The average molecular weight is 265 g/mol. The number of pyridine rings is 1. The van der Waals surface area contributed by atoms with E-state index in [-0.39, 0.29) is 0 Å². The highest BCUT2D eigenvalue weighted by Gasteiger charge is 2.12. The van der Waals surface area contributed by atoms with Gasteiger partial charge in [-0.1, -0.05) is 24.4 Å². The maximum absolute atomic E-state index is 5.95. The van der Waals surface area contributed by atoms with E-state index in [9.17, 15) is 0 Å². The molecular formula is C13H17ClN4. The van der Waals surface area contributed by atoms with Crippen molar-refractivity contribution in [2.24, 2.45) is 0 Å². The van der Waals surface area contributed by atoms with Gasteiger partial charge in [0.05, 0.1) is 6.54 Å². The molecule has 4 nitrogen and oxygen atoms in total. The van der Waals surface area contributed by atoms with E-state index in [1.54, 1.807) is 4.52 Å². The summed E-state index contributed by atoms with van der Waals surface area (Å²) < 4.78 is 1.79. The molecule has 5 heteroatoms. The van der Waals surface area contributed by atoms with Gasteiger partial charge in [-0.15, -0.1) is 5.10 Å². The first-order valence-electron chi connectivity index (χ1n) is 6.54. The fourth-order valence-corrected chi connectivity index (χ4v) is 2.62. The van der Waals surface area contributed by atoms with Crippen LogP contribution in [0.25, 0.3) is 5.65 Å². The number of fused-ring (bicyclic) bond motifs is 1. The zero-order valence-electron chi connectivity index (χ0n) is 10.3. The molecule has 3 heterocycles. The Bertz CT molecular complexity index is 529. The fourth-order valence-electron chi connectivity index (χ4n) is 2.46. The summed E-state index contributed by atoms with van der Waals surface area (Å²) in [6.07, 6.45) is 7.14. The van der Waals surface area contributed by atoms with Gasteiger partial charge in [0.2, 0.25) is 0 Å². The summed E-state index contributed by atoms with van der Waals surface area (Å²) in [6, 6.07) is 3.68. The molecule has 1 saturated heterocycles. The lowest BCUT2D eigenvalue weighted by Gasteiger charge is -2.17. The van der Waals surface area contributed by atoms with E-state index in [1.165, 1.54) is 25.7 Å². The predicted octanol–water partition coefficient (Wildman–Crippen LogP) is 2.76. The Kier molecular flexibility index (Phi) is 3.48. The van der Waals surface area contributed by atoms with E-state index in [4.69, 9.17) is 11.6 Å². The van der Waals surface area contributed by atoms with Crippen LogP contribution in [0.1, 0.15) is 31.5 Å². The second-order valence-corrected chi connectivity index (χ2v) is 5.30. The van der Waals surface area contributed by atoms with Crippen molar-refractivity contribution in [2.75, 3.05) is 13.1 Å². The Morgan fingerprint density at radius 2 is 1.94 bits per heavy atom. The SMILES string of the molecule is Clc1ccn2nc(CN3CCCCCC3)nc2c1. The highest BCUT2D eigenvalue weighted by atomic mass is 35.5. The van der Waals surface area contributed by atoms with Gasteiger partial charge in [0.25, 0.3) is 0 Å². The fraction of sp³-hybridized carbons (Fsp3) is 0.538. The Morgan fingerprint density at radius 1 is 1.17 bits per heavy atom. The molecule has 1 aliphatic rings. The molecular weight excluding hydrogens is 248 g/mol. The monoisotopic (exact) mass is 264 g/mol. The van der Waals surface area contributed by atoms with Crippen LogP contribution in [0.15, 0.2) is 18.3 Å². The third-order valence-electron chi connectivity index (χ3n) is 3.41. The van der Waals surface area contributed by atoms with Gasteiger partial charge in [0.1, 0.15) is 0 Å². The number of hydrogen-bond acceptors (Lipinski definition) is 3. The normalized spacial score (nSPS) is 18.1. The van der Waals surface area contributed by atoms with Crippen LogP contribution >= 0.6 is 11.6 Å². The third kappa shape index (κ3) is 2.65. The first kappa shape index (κ1) is 11.9. The van der Waals surface area contributed by atoms with E-state index < -0.39 is 0 Å². The highest BCUT2D eigenvalue weighted by molar-refractivity contribution is 6.30. The molecule has 0 aliphatic carbocycles. The molecule has 0 N–H and O–H groups in total. The molecule has 0 saturated carbocycles. The maximum Gasteiger partial charge on any atom is 0.165 e. The minimum atomic E-state index is 0.705. The number of hydrogen-bond donors (Lipinski definition) is 0. The zero-order valence-corrected chi connectivity index (χ0v) is 11.1. The largest absolute Gasteiger partial charge is 0.296 e. The zero-order chi connectivity index (χ0) is 12.4. The van der Waals surface area contributed by atoms with Gasteiger partial charge in [-0.3, -0.25) is 4.90 Å². The number of likely N-dealkylation sites (tertiary alicyclic amines) is 1. The molecule has 1 aliphatic heterocycles. The molecule has 3 rings (SSSR count). The maximum atomic E-state index is 5.95. The average Bonchev–Trinajstić information content (AvgIpc) is 2.57. The molecule has 0 radical (unpaired) electrons. The van der Waals surface area contributed by atoms with Crippen molar-refractivity contribution in [1.82, 2.24) is 19.5 Å². The van der Waals surface area contributed by atoms with Crippen LogP contribution in [0.4, 0.5) is 0 Å². The molecule has 96 valence electrons. The van der Waals surface area contributed by atoms with Gasteiger partial charge < -0.3 is 0 Å². The van der Waals surface area contributed by atoms with Gasteiger partial charge in [0.15, 0.2) is 11.5 Å². The molecule has 0 aromatic carbocycles. The Labute approximate surface area is 112 Å². The van der Waals surface area contributed by atoms with Crippen LogP contribution < -0.4 is 0 Å². The van der Waals surface area contributed by atoms with Gasteiger partial charge in [-0.2, -0.15) is 0 Å². The predicted molar refractivity (Wildman–Crippen MR) is 71.7 cm³/mol. The Morgan fingerprint density at radius 3 is 2.72 bits per heavy atom.